The maximum Gasteiger partial charge on any atom is 0.269 e. The highest BCUT2D eigenvalue weighted by atomic mass is 19.1. The van der Waals surface area contributed by atoms with Crippen LogP contribution in [0.3, 0.4) is 0 Å². The highest BCUT2D eigenvalue weighted by Crippen LogP contribution is 2.11. The predicted octanol–water partition coefficient (Wildman–Crippen LogP) is 3.35. The van der Waals surface area contributed by atoms with Crippen molar-refractivity contribution in [2.45, 2.75) is 6.42 Å². The number of amides is 1. The molecule has 2 aromatic carbocycles. The standard InChI is InChI=1S/C18H15FN2O/c19-15-6-3-4-13(12-15)10-11-20-18(22)17-9-8-14-5-1-2-7-16(14)21-17/h1-9,12H,10-11H2,(H,20,22). The third kappa shape index (κ3) is 3.28. The molecule has 0 aliphatic heterocycles. The maximum absolute atomic E-state index is 13.1. The molecule has 3 rings (SSSR count). The van der Waals surface area contributed by atoms with E-state index in [2.05, 4.69) is 10.3 Å². The third-order valence-electron chi connectivity index (χ3n) is 3.42. The van der Waals surface area contributed by atoms with Gasteiger partial charge in [-0.3, -0.25) is 4.79 Å². The van der Waals surface area contributed by atoms with Gasteiger partial charge in [0.15, 0.2) is 0 Å². The van der Waals surface area contributed by atoms with Crippen LogP contribution in [0.25, 0.3) is 10.9 Å². The number of aromatic nitrogens is 1. The fraction of sp³-hybridized carbons (Fsp3) is 0.111. The minimum atomic E-state index is -0.264. The summed E-state index contributed by atoms with van der Waals surface area (Å²) in [6, 6.07) is 17.6. The van der Waals surface area contributed by atoms with Crippen molar-refractivity contribution in [1.82, 2.24) is 10.3 Å². The van der Waals surface area contributed by atoms with Gasteiger partial charge in [-0.05, 0) is 36.2 Å². The number of nitrogens with zero attached hydrogens (tertiary/aromatic N) is 1. The number of pyridine rings is 1. The Morgan fingerprint density at radius 2 is 1.91 bits per heavy atom. The minimum Gasteiger partial charge on any atom is -0.350 e. The first kappa shape index (κ1) is 14.2. The molecule has 0 radical (unpaired) electrons. The molecule has 1 amide bonds. The Labute approximate surface area is 127 Å². The Balaban J connectivity index is 1.63. The lowest BCUT2D eigenvalue weighted by molar-refractivity contribution is 0.0949. The number of hydrogen-bond donors (Lipinski definition) is 1. The van der Waals surface area contributed by atoms with Gasteiger partial charge in [-0.1, -0.05) is 36.4 Å². The summed E-state index contributed by atoms with van der Waals surface area (Å²) in [7, 11) is 0. The van der Waals surface area contributed by atoms with Gasteiger partial charge >= 0.3 is 0 Å². The number of carbonyl (C=O) groups is 1. The zero-order valence-corrected chi connectivity index (χ0v) is 11.9. The van der Waals surface area contributed by atoms with Gasteiger partial charge in [0.1, 0.15) is 11.5 Å². The van der Waals surface area contributed by atoms with Gasteiger partial charge in [0.25, 0.3) is 5.91 Å². The lowest BCUT2D eigenvalue weighted by atomic mass is 10.1. The molecule has 0 unspecified atom stereocenters. The van der Waals surface area contributed by atoms with Crippen LogP contribution in [0.5, 0.6) is 0 Å². The average Bonchev–Trinajstić information content (AvgIpc) is 2.54. The first-order valence-electron chi connectivity index (χ1n) is 7.11. The largest absolute Gasteiger partial charge is 0.350 e. The van der Waals surface area contributed by atoms with Crippen molar-refractivity contribution in [3.05, 3.63) is 77.7 Å². The highest BCUT2D eigenvalue weighted by molar-refractivity contribution is 5.94. The van der Waals surface area contributed by atoms with Gasteiger partial charge in [-0.25, -0.2) is 9.37 Å². The van der Waals surface area contributed by atoms with E-state index in [0.717, 1.165) is 16.5 Å². The van der Waals surface area contributed by atoms with Crippen LogP contribution in [0.4, 0.5) is 4.39 Å². The summed E-state index contributed by atoms with van der Waals surface area (Å²) in [4.78, 5) is 16.4. The lowest BCUT2D eigenvalue weighted by Crippen LogP contribution is -2.26. The molecule has 3 aromatic rings. The van der Waals surface area contributed by atoms with E-state index in [1.807, 2.05) is 36.4 Å². The van der Waals surface area contributed by atoms with Crippen LogP contribution in [-0.2, 0) is 6.42 Å². The van der Waals surface area contributed by atoms with Crippen LogP contribution in [0, 0.1) is 5.82 Å². The summed E-state index contributed by atoms with van der Waals surface area (Å²) in [6.07, 6.45) is 0.580. The quantitative estimate of drug-likeness (QED) is 0.802. The molecule has 0 aliphatic rings. The Bertz CT molecular complexity index is 817. The van der Waals surface area contributed by atoms with Crippen molar-refractivity contribution in [2.24, 2.45) is 0 Å². The minimum absolute atomic E-state index is 0.220. The molecular formula is C18H15FN2O. The zero-order valence-electron chi connectivity index (χ0n) is 11.9. The number of nitrogens with one attached hydrogen (secondary N) is 1. The molecule has 0 spiro atoms. The number of carbonyl (C=O) groups excluding carboxylic acids is 1. The van der Waals surface area contributed by atoms with Crippen LogP contribution >= 0.6 is 0 Å². The van der Waals surface area contributed by atoms with E-state index in [-0.39, 0.29) is 11.7 Å². The molecule has 0 atom stereocenters. The summed E-state index contributed by atoms with van der Waals surface area (Å²) >= 11 is 0. The number of halogens is 1. The Hall–Kier alpha value is -2.75. The summed E-state index contributed by atoms with van der Waals surface area (Å²) in [5.74, 6) is -0.484. The summed E-state index contributed by atoms with van der Waals surface area (Å²) < 4.78 is 13.1. The second-order valence-corrected chi connectivity index (χ2v) is 5.03. The SMILES string of the molecule is O=C(NCCc1cccc(F)c1)c1ccc2ccccc2n1. The van der Waals surface area contributed by atoms with Gasteiger partial charge in [0, 0.05) is 11.9 Å². The lowest BCUT2D eigenvalue weighted by Gasteiger charge is -2.06. The molecule has 4 heteroatoms. The van der Waals surface area contributed by atoms with Crippen molar-refractivity contribution < 1.29 is 9.18 Å². The summed E-state index contributed by atoms with van der Waals surface area (Å²) in [5.41, 5.74) is 2.03. The molecule has 0 fully saturated rings. The number of rotatable bonds is 4. The number of hydrogen-bond acceptors (Lipinski definition) is 2. The van der Waals surface area contributed by atoms with E-state index in [9.17, 15) is 9.18 Å². The van der Waals surface area contributed by atoms with Crippen molar-refractivity contribution in [3.63, 3.8) is 0 Å². The van der Waals surface area contributed by atoms with Crippen LogP contribution < -0.4 is 5.32 Å². The van der Waals surface area contributed by atoms with E-state index in [1.54, 1.807) is 12.1 Å². The van der Waals surface area contributed by atoms with Crippen molar-refractivity contribution in [3.8, 4) is 0 Å². The Morgan fingerprint density at radius 1 is 1.05 bits per heavy atom. The monoisotopic (exact) mass is 294 g/mol. The van der Waals surface area contributed by atoms with Gasteiger partial charge in [0.05, 0.1) is 5.52 Å². The fourth-order valence-electron chi connectivity index (χ4n) is 2.30. The predicted molar refractivity (Wildman–Crippen MR) is 84.2 cm³/mol. The van der Waals surface area contributed by atoms with Gasteiger partial charge < -0.3 is 5.32 Å². The normalized spacial score (nSPS) is 10.6. The van der Waals surface area contributed by atoms with Gasteiger partial charge in [-0.15, -0.1) is 0 Å². The van der Waals surface area contributed by atoms with E-state index in [4.69, 9.17) is 0 Å². The van der Waals surface area contributed by atoms with E-state index in [1.165, 1.54) is 12.1 Å². The van der Waals surface area contributed by atoms with E-state index < -0.39 is 0 Å². The second-order valence-electron chi connectivity index (χ2n) is 5.03. The molecule has 3 nitrogen and oxygen atoms in total. The first-order valence-corrected chi connectivity index (χ1v) is 7.11. The van der Waals surface area contributed by atoms with E-state index >= 15 is 0 Å². The molecule has 0 saturated heterocycles. The van der Waals surface area contributed by atoms with Crippen LogP contribution in [0.15, 0.2) is 60.7 Å². The maximum atomic E-state index is 13.1. The summed E-state index contributed by atoms with van der Waals surface area (Å²) in [5, 5.41) is 3.81. The van der Waals surface area contributed by atoms with Crippen LogP contribution in [0.2, 0.25) is 0 Å². The molecule has 0 saturated carbocycles. The molecule has 1 N–H and O–H groups in total. The second kappa shape index (κ2) is 6.35. The number of para-hydroxylation sites is 1. The Kier molecular flexibility index (Phi) is 4.10. The molecule has 110 valence electrons. The smallest absolute Gasteiger partial charge is 0.269 e. The number of fused-ring (bicyclic) bond motifs is 1. The van der Waals surface area contributed by atoms with E-state index in [0.29, 0.717) is 18.7 Å². The van der Waals surface area contributed by atoms with Crippen LogP contribution in [0.1, 0.15) is 16.1 Å². The molecule has 1 aromatic heterocycles. The average molecular weight is 294 g/mol. The summed E-state index contributed by atoms with van der Waals surface area (Å²) in [6.45, 7) is 0.441. The molecule has 1 heterocycles. The fourth-order valence-corrected chi connectivity index (χ4v) is 2.30. The van der Waals surface area contributed by atoms with Crippen molar-refractivity contribution >= 4 is 16.8 Å². The van der Waals surface area contributed by atoms with Gasteiger partial charge in [-0.2, -0.15) is 0 Å². The molecule has 0 aliphatic carbocycles. The topological polar surface area (TPSA) is 42.0 Å². The molecule has 0 bridgehead atoms. The Morgan fingerprint density at radius 3 is 2.77 bits per heavy atom. The number of benzene rings is 2. The van der Waals surface area contributed by atoms with Gasteiger partial charge in [0.2, 0.25) is 0 Å². The zero-order chi connectivity index (χ0) is 15.4. The first-order chi connectivity index (χ1) is 10.7. The highest BCUT2D eigenvalue weighted by Gasteiger charge is 2.07. The third-order valence-corrected chi connectivity index (χ3v) is 3.42. The van der Waals surface area contributed by atoms with Crippen LogP contribution in [-0.4, -0.2) is 17.4 Å². The molecular weight excluding hydrogens is 279 g/mol. The van der Waals surface area contributed by atoms with Crippen molar-refractivity contribution in [2.75, 3.05) is 6.54 Å². The molecule has 22 heavy (non-hydrogen) atoms. The van der Waals surface area contributed by atoms with Crippen molar-refractivity contribution in [1.29, 1.82) is 0 Å².